The molecule has 0 aliphatic rings. The van der Waals surface area contributed by atoms with E-state index in [1.807, 2.05) is 12.1 Å². The highest BCUT2D eigenvalue weighted by Gasteiger charge is 2.02. The second kappa shape index (κ2) is 5.97. The lowest BCUT2D eigenvalue weighted by Gasteiger charge is -1.97. The Labute approximate surface area is 106 Å². The molecule has 0 aliphatic carbocycles. The predicted octanol–water partition coefficient (Wildman–Crippen LogP) is 5.29. The normalized spacial score (nSPS) is 10.7. The van der Waals surface area contributed by atoms with E-state index >= 15 is 0 Å². The number of halogens is 1. The number of aryl methyl sites for hydroxylation is 1. The Bertz CT molecular complexity index is 456. The average Bonchev–Trinajstić information content (AvgIpc) is 2.79. The van der Waals surface area contributed by atoms with Crippen molar-refractivity contribution in [1.82, 2.24) is 0 Å². The number of unbranched alkanes of at least 4 members (excludes halogenated alkanes) is 2. The van der Waals surface area contributed by atoms with Crippen LogP contribution in [0.1, 0.15) is 31.7 Å². The number of rotatable bonds is 5. The zero-order chi connectivity index (χ0) is 12.1. The third-order valence-corrected chi connectivity index (χ3v) is 3.88. The first kappa shape index (κ1) is 12.3. The minimum atomic E-state index is -0.173. The lowest BCUT2D eigenvalue weighted by atomic mass is 10.1. The molecule has 17 heavy (non-hydrogen) atoms. The maximum absolute atomic E-state index is 12.8. The fourth-order valence-corrected chi connectivity index (χ4v) is 2.81. The van der Waals surface area contributed by atoms with Crippen molar-refractivity contribution >= 4 is 11.3 Å². The van der Waals surface area contributed by atoms with E-state index in [1.54, 1.807) is 11.3 Å². The molecule has 0 atom stereocenters. The van der Waals surface area contributed by atoms with Gasteiger partial charge in [-0.2, -0.15) is 0 Å². The van der Waals surface area contributed by atoms with E-state index in [4.69, 9.17) is 0 Å². The van der Waals surface area contributed by atoms with Crippen LogP contribution in [0.15, 0.2) is 35.7 Å². The monoisotopic (exact) mass is 248 g/mol. The summed E-state index contributed by atoms with van der Waals surface area (Å²) >= 11 is 1.74. The summed E-state index contributed by atoms with van der Waals surface area (Å²) in [5.74, 6) is -0.173. The maximum Gasteiger partial charge on any atom is 0.123 e. The van der Waals surface area contributed by atoms with Crippen LogP contribution in [0.3, 0.4) is 0 Å². The summed E-state index contributed by atoms with van der Waals surface area (Å²) in [4.78, 5) is 1.23. The lowest BCUT2D eigenvalue weighted by molar-refractivity contribution is 0.628. The number of benzene rings is 1. The quantitative estimate of drug-likeness (QED) is 0.631. The zero-order valence-corrected chi connectivity index (χ0v) is 10.9. The molecule has 0 N–H and O–H groups in total. The van der Waals surface area contributed by atoms with Gasteiger partial charge >= 0.3 is 0 Å². The molecule has 1 aromatic heterocycles. The molecule has 0 radical (unpaired) electrons. The molecule has 0 spiro atoms. The lowest BCUT2D eigenvalue weighted by Crippen LogP contribution is -1.81. The summed E-state index contributed by atoms with van der Waals surface area (Å²) in [6.45, 7) is 2.22. The third kappa shape index (κ3) is 3.40. The van der Waals surface area contributed by atoms with Crippen molar-refractivity contribution < 1.29 is 4.39 Å². The summed E-state index contributed by atoms with van der Waals surface area (Å²) in [5, 5.41) is 2.22. The summed E-state index contributed by atoms with van der Waals surface area (Å²) in [6.07, 6.45) is 4.97. The van der Waals surface area contributed by atoms with Crippen molar-refractivity contribution in [3.05, 3.63) is 47.1 Å². The Morgan fingerprint density at radius 2 is 1.88 bits per heavy atom. The van der Waals surface area contributed by atoms with Crippen LogP contribution < -0.4 is 0 Å². The third-order valence-electron chi connectivity index (χ3n) is 2.85. The second-order valence-corrected chi connectivity index (χ2v) is 5.19. The Balaban J connectivity index is 2.04. The van der Waals surface area contributed by atoms with E-state index in [0.717, 1.165) is 12.0 Å². The molecule has 0 amide bonds. The van der Waals surface area contributed by atoms with Crippen molar-refractivity contribution in [2.45, 2.75) is 32.6 Å². The summed E-state index contributed by atoms with van der Waals surface area (Å²) < 4.78 is 12.8. The van der Waals surface area contributed by atoms with Crippen molar-refractivity contribution in [1.29, 1.82) is 0 Å². The Morgan fingerprint density at radius 1 is 1.12 bits per heavy atom. The van der Waals surface area contributed by atoms with Gasteiger partial charge in [-0.3, -0.25) is 0 Å². The van der Waals surface area contributed by atoms with Crippen LogP contribution in [0.25, 0.3) is 10.4 Å². The largest absolute Gasteiger partial charge is 0.207 e. The molecule has 2 rings (SSSR count). The van der Waals surface area contributed by atoms with Gasteiger partial charge in [-0.25, -0.2) is 4.39 Å². The molecule has 2 heteroatoms. The molecule has 1 aromatic carbocycles. The van der Waals surface area contributed by atoms with Gasteiger partial charge in [0, 0.05) is 4.88 Å². The van der Waals surface area contributed by atoms with Crippen LogP contribution in [0, 0.1) is 5.82 Å². The summed E-state index contributed by atoms with van der Waals surface area (Å²) in [5.41, 5.74) is 2.51. The Kier molecular flexibility index (Phi) is 4.32. The molecule has 0 unspecified atom stereocenters. The number of hydrogen-bond donors (Lipinski definition) is 0. The number of hydrogen-bond acceptors (Lipinski definition) is 1. The first-order chi connectivity index (χ1) is 8.29. The first-order valence-corrected chi connectivity index (χ1v) is 7.01. The zero-order valence-electron chi connectivity index (χ0n) is 10.1. The summed E-state index contributed by atoms with van der Waals surface area (Å²) in [6, 6.07) is 8.96. The molecule has 0 fully saturated rings. The van der Waals surface area contributed by atoms with E-state index < -0.39 is 0 Å². The molecule has 90 valence electrons. The van der Waals surface area contributed by atoms with Gasteiger partial charge in [-0.15, -0.1) is 11.3 Å². The standard InChI is InChI=1S/C15H17FS/c1-2-3-4-5-12-10-15(17-11-12)13-6-8-14(16)9-7-13/h6-11H,2-5H2,1H3. The maximum atomic E-state index is 12.8. The van der Waals surface area contributed by atoms with E-state index in [2.05, 4.69) is 18.4 Å². The van der Waals surface area contributed by atoms with Crippen LogP contribution in [0.2, 0.25) is 0 Å². The minimum Gasteiger partial charge on any atom is -0.207 e. The van der Waals surface area contributed by atoms with Crippen LogP contribution in [0.4, 0.5) is 4.39 Å². The molecule has 0 bridgehead atoms. The second-order valence-electron chi connectivity index (χ2n) is 4.28. The molecule has 0 nitrogen and oxygen atoms in total. The van der Waals surface area contributed by atoms with Gasteiger partial charge in [0.25, 0.3) is 0 Å². The molecule has 0 aliphatic heterocycles. The Morgan fingerprint density at radius 3 is 2.59 bits per heavy atom. The van der Waals surface area contributed by atoms with Crippen molar-refractivity contribution in [3.63, 3.8) is 0 Å². The number of thiophene rings is 1. The van der Waals surface area contributed by atoms with Gasteiger partial charge in [-0.05, 0) is 47.5 Å². The smallest absolute Gasteiger partial charge is 0.123 e. The van der Waals surface area contributed by atoms with Crippen LogP contribution in [0.5, 0.6) is 0 Å². The molecule has 1 heterocycles. The molecule has 0 saturated heterocycles. The Hall–Kier alpha value is -1.15. The summed E-state index contributed by atoms with van der Waals surface area (Å²) in [7, 11) is 0. The fraction of sp³-hybridized carbons (Fsp3) is 0.333. The predicted molar refractivity (Wildman–Crippen MR) is 72.9 cm³/mol. The minimum absolute atomic E-state index is 0.173. The fourth-order valence-electron chi connectivity index (χ4n) is 1.85. The first-order valence-electron chi connectivity index (χ1n) is 6.13. The highest BCUT2D eigenvalue weighted by molar-refractivity contribution is 7.13. The van der Waals surface area contributed by atoms with Gasteiger partial charge in [0.1, 0.15) is 5.82 Å². The molecular formula is C15H17FS. The molecule has 0 saturated carbocycles. The van der Waals surface area contributed by atoms with E-state index in [-0.39, 0.29) is 5.82 Å². The average molecular weight is 248 g/mol. The molecule has 2 aromatic rings. The van der Waals surface area contributed by atoms with E-state index in [0.29, 0.717) is 0 Å². The van der Waals surface area contributed by atoms with Gasteiger partial charge in [0.2, 0.25) is 0 Å². The van der Waals surface area contributed by atoms with E-state index in [1.165, 1.54) is 41.8 Å². The van der Waals surface area contributed by atoms with Gasteiger partial charge in [0.05, 0.1) is 0 Å². The van der Waals surface area contributed by atoms with Gasteiger partial charge in [0.15, 0.2) is 0 Å². The SMILES string of the molecule is CCCCCc1csc(-c2ccc(F)cc2)c1. The topological polar surface area (TPSA) is 0 Å². The highest BCUT2D eigenvalue weighted by Crippen LogP contribution is 2.28. The highest BCUT2D eigenvalue weighted by atomic mass is 32.1. The molecular weight excluding hydrogens is 231 g/mol. The van der Waals surface area contributed by atoms with Crippen LogP contribution >= 0.6 is 11.3 Å². The van der Waals surface area contributed by atoms with E-state index in [9.17, 15) is 4.39 Å². The van der Waals surface area contributed by atoms with Crippen molar-refractivity contribution in [2.24, 2.45) is 0 Å². The van der Waals surface area contributed by atoms with Crippen molar-refractivity contribution in [3.8, 4) is 10.4 Å². The van der Waals surface area contributed by atoms with Crippen LogP contribution in [-0.4, -0.2) is 0 Å². The van der Waals surface area contributed by atoms with Crippen LogP contribution in [-0.2, 0) is 6.42 Å². The van der Waals surface area contributed by atoms with Crippen molar-refractivity contribution in [2.75, 3.05) is 0 Å². The van der Waals surface area contributed by atoms with Gasteiger partial charge < -0.3 is 0 Å². The van der Waals surface area contributed by atoms with Gasteiger partial charge in [-0.1, -0.05) is 31.9 Å².